The number of hydrogen-bond donors (Lipinski definition) is 0. The summed E-state index contributed by atoms with van der Waals surface area (Å²) in [4.78, 5) is 14.8. The summed E-state index contributed by atoms with van der Waals surface area (Å²) < 4.78 is 5.60. The molecule has 1 aliphatic carbocycles. The Morgan fingerprint density at radius 1 is 0.879 bits per heavy atom. The van der Waals surface area contributed by atoms with E-state index in [0.29, 0.717) is 11.8 Å². The normalized spacial score (nSPS) is 18.5. The van der Waals surface area contributed by atoms with E-state index < -0.39 is 0 Å². The summed E-state index contributed by atoms with van der Waals surface area (Å²) in [6.07, 6.45) is 7.80. The molecule has 168 valence electrons. The number of aryl methyl sites for hydroxylation is 2. The molecule has 0 N–H and O–H groups in total. The third kappa shape index (κ3) is 4.59. The molecule has 1 heterocycles. The van der Waals surface area contributed by atoms with Crippen molar-refractivity contribution < 1.29 is 9.53 Å². The molecular formula is C30H31NO2. The topological polar surface area (TPSA) is 29.5 Å². The van der Waals surface area contributed by atoms with Crippen LogP contribution in [0.1, 0.15) is 46.6 Å². The van der Waals surface area contributed by atoms with Crippen LogP contribution in [0.15, 0.2) is 78.9 Å². The number of hydrogen-bond acceptors (Lipinski definition) is 2. The van der Waals surface area contributed by atoms with E-state index in [1.165, 1.54) is 22.3 Å². The molecule has 0 saturated carbocycles. The number of nitrogens with zero attached hydrogens (tertiary/aromatic N) is 1. The van der Waals surface area contributed by atoms with Crippen molar-refractivity contribution in [2.24, 2.45) is 5.92 Å². The van der Waals surface area contributed by atoms with Gasteiger partial charge in [0.2, 0.25) is 5.91 Å². The highest BCUT2D eigenvalue weighted by molar-refractivity contribution is 5.91. The van der Waals surface area contributed by atoms with Crippen molar-refractivity contribution in [3.8, 4) is 5.75 Å². The lowest BCUT2D eigenvalue weighted by Gasteiger charge is -2.37. The maximum absolute atomic E-state index is 12.8. The van der Waals surface area contributed by atoms with Gasteiger partial charge in [-0.2, -0.15) is 0 Å². The summed E-state index contributed by atoms with van der Waals surface area (Å²) in [5.41, 5.74) is 6.82. The maximum Gasteiger partial charge on any atom is 0.246 e. The van der Waals surface area contributed by atoms with Crippen LogP contribution in [0.4, 0.5) is 0 Å². The fourth-order valence-corrected chi connectivity index (χ4v) is 5.52. The SMILES string of the molecule is COc1ccc2c(c1)C(C1CCN(C(=O)/C=C/c3ccccc3)CC1)c1ccccc1CC2. The zero-order valence-corrected chi connectivity index (χ0v) is 19.2. The molecule has 2 aliphatic rings. The molecular weight excluding hydrogens is 406 g/mol. The number of likely N-dealkylation sites (tertiary alicyclic amines) is 1. The van der Waals surface area contributed by atoms with Gasteiger partial charge in [0.15, 0.2) is 0 Å². The van der Waals surface area contributed by atoms with E-state index in [4.69, 9.17) is 4.74 Å². The van der Waals surface area contributed by atoms with Crippen molar-refractivity contribution in [2.75, 3.05) is 20.2 Å². The van der Waals surface area contributed by atoms with Crippen molar-refractivity contribution >= 4 is 12.0 Å². The Kier molecular flexibility index (Phi) is 6.30. The highest BCUT2D eigenvalue weighted by atomic mass is 16.5. The summed E-state index contributed by atoms with van der Waals surface area (Å²) in [6.45, 7) is 1.61. The summed E-state index contributed by atoms with van der Waals surface area (Å²) in [7, 11) is 1.74. The van der Waals surface area contributed by atoms with Crippen LogP contribution >= 0.6 is 0 Å². The predicted octanol–water partition coefficient (Wildman–Crippen LogP) is 5.88. The second-order valence-electron chi connectivity index (χ2n) is 9.15. The zero-order chi connectivity index (χ0) is 22.6. The quantitative estimate of drug-likeness (QED) is 0.477. The van der Waals surface area contributed by atoms with Gasteiger partial charge in [-0.25, -0.2) is 0 Å². The van der Waals surface area contributed by atoms with Crippen LogP contribution < -0.4 is 4.74 Å². The van der Waals surface area contributed by atoms with Crippen LogP contribution in [0.25, 0.3) is 6.08 Å². The Hall–Kier alpha value is -3.33. The molecule has 1 unspecified atom stereocenters. The molecule has 0 spiro atoms. The second kappa shape index (κ2) is 9.66. The Labute approximate surface area is 196 Å². The van der Waals surface area contributed by atoms with Gasteiger partial charge in [-0.3, -0.25) is 4.79 Å². The number of rotatable bonds is 4. The minimum absolute atomic E-state index is 0.112. The fraction of sp³-hybridized carbons (Fsp3) is 0.300. The summed E-state index contributed by atoms with van der Waals surface area (Å²) in [5.74, 6) is 1.90. The van der Waals surface area contributed by atoms with Gasteiger partial charge in [-0.15, -0.1) is 0 Å². The van der Waals surface area contributed by atoms with Gasteiger partial charge in [0, 0.05) is 25.1 Å². The molecule has 1 aliphatic heterocycles. The summed E-state index contributed by atoms with van der Waals surface area (Å²) in [6, 6.07) is 25.5. The summed E-state index contributed by atoms with van der Waals surface area (Å²) >= 11 is 0. The molecule has 33 heavy (non-hydrogen) atoms. The average molecular weight is 438 g/mol. The van der Waals surface area contributed by atoms with E-state index in [9.17, 15) is 4.79 Å². The van der Waals surface area contributed by atoms with E-state index in [2.05, 4.69) is 42.5 Å². The number of piperidine rings is 1. The predicted molar refractivity (Wildman–Crippen MR) is 133 cm³/mol. The lowest BCUT2D eigenvalue weighted by Crippen LogP contribution is -2.39. The van der Waals surface area contributed by atoms with Gasteiger partial charge < -0.3 is 9.64 Å². The Bertz CT molecular complexity index is 1140. The van der Waals surface area contributed by atoms with Crippen LogP contribution in [0, 0.1) is 5.92 Å². The van der Waals surface area contributed by atoms with Crippen molar-refractivity contribution in [3.05, 3.63) is 107 Å². The molecule has 0 radical (unpaired) electrons. The molecule has 1 atom stereocenters. The number of methoxy groups -OCH3 is 1. The van der Waals surface area contributed by atoms with Crippen LogP contribution in [0.5, 0.6) is 5.75 Å². The molecule has 3 aromatic rings. The molecule has 1 saturated heterocycles. The Morgan fingerprint density at radius 3 is 2.33 bits per heavy atom. The molecule has 1 fully saturated rings. The smallest absolute Gasteiger partial charge is 0.246 e. The number of carbonyl (C=O) groups is 1. The first-order valence-electron chi connectivity index (χ1n) is 12.0. The highest BCUT2D eigenvalue weighted by Gasteiger charge is 2.33. The fourth-order valence-electron chi connectivity index (χ4n) is 5.52. The first-order chi connectivity index (χ1) is 16.2. The first kappa shape index (κ1) is 21.5. The minimum Gasteiger partial charge on any atom is -0.497 e. The molecule has 0 aromatic heterocycles. The molecule has 0 bridgehead atoms. The van der Waals surface area contributed by atoms with Gasteiger partial charge in [-0.1, -0.05) is 60.7 Å². The minimum atomic E-state index is 0.112. The zero-order valence-electron chi connectivity index (χ0n) is 19.2. The van der Waals surface area contributed by atoms with Crippen molar-refractivity contribution in [2.45, 2.75) is 31.6 Å². The van der Waals surface area contributed by atoms with Gasteiger partial charge >= 0.3 is 0 Å². The lowest BCUT2D eigenvalue weighted by atomic mass is 9.74. The number of carbonyl (C=O) groups excluding carboxylic acids is 1. The van der Waals surface area contributed by atoms with Crippen molar-refractivity contribution in [1.82, 2.24) is 4.90 Å². The van der Waals surface area contributed by atoms with Gasteiger partial charge in [-0.05, 0) is 77.6 Å². The standard InChI is InChI=1S/C30H31NO2/c1-33-26-15-14-24-13-12-23-9-5-6-10-27(23)30(28(24)21-26)25-17-19-31(20-18-25)29(32)16-11-22-7-3-2-4-8-22/h2-11,14-16,21,25,30H,12-13,17-20H2,1H3/b16-11+. The second-order valence-corrected chi connectivity index (χ2v) is 9.15. The largest absolute Gasteiger partial charge is 0.497 e. The van der Waals surface area contributed by atoms with E-state index >= 15 is 0 Å². The third-order valence-corrected chi connectivity index (χ3v) is 7.28. The van der Waals surface area contributed by atoms with Gasteiger partial charge in [0.25, 0.3) is 0 Å². The number of ether oxygens (including phenoxy) is 1. The Morgan fingerprint density at radius 2 is 1.58 bits per heavy atom. The first-order valence-corrected chi connectivity index (χ1v) is 12.0. The van der Waals surface area contributed by atoms with E-state index in [1.807, 2.05) is 41.3 Å². The van der Waals surface area contributed by atoms with Crippen LogP contribution in [-0.4, -0.2) is 31.0 Å². The maximum atomic E-state index is 12.8. The molecule has 1 amide bonds. The van der Waals surface area contributed by atoms with Crippen molar-refractivity contribution in [3.63, 3.8) is 0 Å². The number of benzene rings is 3. The van der Waals surface area contributed by atoms with Crippen LogP contribution in [0.3, 0.4) is 0 Å². The van der Waals surface area contributed by atoms with Crippen molar-refractivity contribution in [1.29, 1.82) is 0 Å². The van der Waals surface area contributed by atoms with Gasteiger partial charge in [0.1, 0.15) is 5.75 Å². The van der Waals surface area contributed by atoms with Crippen LogP contribution in [0.2, 0.25) is 0 Å². The highest BCUT2D eigenvalue weighted by Crippen LogP contribution is 2.44. The molecule has 3 aromatic carbocycles. The number of fused-ring (bicyclic) bond motifs is 2. The van der Waals surface area contributed by atoms with Crippen LogP contribution in [-0.2, 0) is 17.6 Å². The van der Waals surface area contributed by atoms with Gasteiger partial charge in [0.05, 0.1) is 7.11 Å². The monoisotopic (exact) mass is 437 g/mol. The summed E-state index contributed by atoms with van der Waals surface area (Å²) in [5, 5.41) is 0. The van der Waals surface area contributed by atoms with E-state index in [0.717, 1.165) is 50.1 Å². The Balaban J connectivity index is 1.37. The van der Waals surface area contributed by atoms with E-state index in [-0.39, 0.29) is 5.91 Å². The molecule has 5 rings (SSSR count). The number of amides is 1. The average Bonchev–Trinajstić information content (AvgIpc) is 3.04. The molecule has 3 heteroatoms. The van der Waals surface area contributed by atoms with E-state index in [1.54, 1.807) is 13.2 Å². The third-order valence-electron chi connectivity index (χ3n) is 7.28. The molecule has 3 nitrogen and oxygen atoms in total. The lowest BCUT2D eigenvalue weighted by molar-refractivity contribution is -0.127.